The Morgan fingerprint density at radius 1 is 0.576 bits per heavy atom. The lowest BCUT2D eigenvalue weighted by Gasteiger charge is -2.25. The number of benzene rings is 4. The molecule has 344 valence electrons. The molecule has 6 aromatic rings. The lowest BCUT2D eigenvalue weighted by molar-refractivity contribution is -0.137. The molecule has 0 bridgehead atoms. The van der Waals surface area contributed by atoms with Crippen LogP contribution >= 0.6 is 0 Å². The van der Waals surface area contributed by atoms with Gasteiger partial charge in [0.05, 0.1) is 47.4 Å². The summed E-state index contributed by atoms with van der Waals surface area (Å²) in [5.74, 6) is -0.922. The third-order valence-electron chi connectivity index (χ3n) is 12.5. The van der Waals surface area contributed by atoms with Crippen LogP contribution in [0.3, 0.4) is 0 Å². The van der Waals surface area contributed by atoms with Gasteiger partial charge in [-0.15, -0.1) is 0 Å². The third kappa shape index (κ3) is 11.5. The number of ketones is 2. The summed E-state index contributed by atoms with van der Waals surface area (Å²) in [7, 11) is 0. The Hall–Kier alpha value is -6.86. The van der Waals surface area contributed by atoms with E-state index in [0.717, 1.165) is 119 Å². The Morgan fingerprint density at radius 3 is 1.30 bits per heavy atom. The largest absolute Gasteiger partial charge is 0.481 e. The fraction of sp³-hybridized carbons (Fsp3) is 0.370. The molecule has 2 saturated heterocycles. The van der Waals surface area contributed by atoms with Gasteiger partial charge in [0, 0.05) is 57.5 Å². The van der Waals surface area contributed by atoms with Gasteiger partial charge in [-0.2, -0.15) is 10.5 Å². The SMILES string of the molecule is C.C.Cc1c(C(=O)CN2CCCCC2)c2ccc(CCC(=O)O)cc2n1-c1ccc(C#N)cc1.Cc1c(C(=O)CN2CCCCC2)c2ccc(CCC(N)=O)cc2n1-c1ccc(C#N)cc1. The number of hydrogen-bond donors (Lipinski definition) is 2. The van der Waals surface area contributed by atoms with Crippen molar-refractivity contribution in [1.82, 2.24) is 18.9 Å². The van der Waals surface area contributed by atoms with E-state index < -0.39 is 5.97 Å². The number of aromatic nitrogens is 2. The normalized spacial score (nSPS) is 13.9. The van der Waals surface area contributed by atoms with Gasteiger partial charge in [-0.05, 0) is 150 Å². The number of rotatable bonds is 14. The van der Waals surface area contributed by atoms with E-state index in [-0.39, 0.29) is 45.2 Å². The second-order valence-corrected chi connectivity index (χ2v) is 17.0. The van der Waals surface area contributed by atoms with Gasteiger partial charge in [0.2, 0.25) is 5.91 Å². The van der Waals surface area contributed by atoms with E-state index in [9.17, 15) is 19.2 Å². The fourth-order valence-electron chi connectivity index (χ4n) is 9.29. The van der Waals surface area contributed by atoms with Gasteiger partial charge in [0.1, 0.15) is 0 Å². The number of nitriles is 2. The van der Waals surface area contributed by atoms with Crippen molar-refractivity contribution in [3.63, 3.8) is 0 Å². The van der Waals surface area contributed by atoms with E-state index in [1.807, 2.05) is 79.1 Å². The van der Waals surface area contributed by atoms with Gasteiger partial charge in [-0.3, -0.25) is 29.0 Å². The minimum absolute atomic E-state index is 0. The van der Waals surface area contributed by atoms with Gasteiger partial charge >= 0.3 is 5.97 Å². The maximum Gasteiger partial charge on any atom is 0.303 e. The maximum atomic E-state index is 13.4. The van der Waals surface area contributed by atoms with Crippen molar-refractivity contribution in [2.24, 2.45) is 5.73 Å². The quantitative estimate of drug-likeness (QED) is 0.101. The minimum atomic E-state index is -0.832. The third-order valence-corrected chi connectivity index (χ3v) is 12.5. The molecule has 0 radical (unpaired) electrons. The van der Waals surface area contributed by atoms with Crippen molar-refractivity contribution in [1.29, 1.82) is 10.5 Å². The van der Waals surface area contributed by atoms with Crippen LogP contribution in [0.15, 0.2) is 84.9 Å². The van der Waals surface area contributed by atoms with Crippen molar-refractivity contribution >= 4 is 45.2 Å². The first-order valence-corrected chi connectivity index (χ1v) is 22.3. The molecule has 0 atom stereocenters. The number of aliphatic carboxylic acids is 1. The second kappa shape index (κ2) is 22.9. The Kier molecular flexibility index (Phi) is 17.4. The van der Waals surface area contributed by atoms with Crippen LogP contribution in [0.1, 0.15) is 121 Å². The molecule has 0 saturated carbocycles. The number of piperidine rings is 2. The Bertz CT molecular complexity index is 2580. The Labute approximate surface area is 388 Å². The number of carboxylic acid groups (broad SMARTS) is 1. The minimum Gasteiger partial charge on any atom is -0.481 e. The number of nitrogens with zero attached hydrogens (tertiary/aromatic N) is 6. The molecule has 0 unspecified atom stereocenters. The van der Waals surface area contributed by atoms with Crippen LogP contribution in [0.25, 0.3) is 33.2 Å². The number of primary amides is 1. The summed E-state index contributed by atoms with van der Waals surface area (Å²) in [6, 6.07) is 30.8. The summed E-state index contributed by atoms with van der Waals surface area (Å²) in [5.41, 5.74) is 15.2. The van der Waals surface area contributed by atoms with Gasteiger partial charge in [-0.1, -0.05) is 52.0 Å². The van der Waals surface area contributed by atoms with Crippen LogP contribution in [-0.4, -0.2) is 86.8 Å². The predicted molar refractivity (Wildman–Crippen MR) is 262 cm³/mol. The highest BCUT2D eigenvalue weighted by atomic mass is 16.4. The first kappa shape index (κ1) is 50.1. The number of carbonyl (C=O) groups excluding carboxylic acids is 3. The van der Waals surface area contributed by atoms with E-state index >= 15 is 0 Å². The van der Waals surface area contributed by atoms with Crippen LogP contribution < -0.4 is 5.73 Å². The smallest absolute Gasteiger partial charge is 0.303 e. The van der Waals surface area contributed by atoms with Crippen molar-refractivity contribution in [2.45, 2.75) is 92.9 Å². The number of carbonyl (C=O) groups is 4. The van der Waals surface area contributed by atoms with E-state index in [0.29, 0.717) is 37.1 Å². The Balaban J connectivity index is 0.000000240. The van der Waals surface area contributed by atoms with Crippen molar-refractivity contribution in [3.05, 3.63) is 130 Å². The maximum absolute atomic E-state index is 13.4. The number of amides is 1. The molecule has 0 aliphatic carbocycles. The van der Waals surface area contributed by atoms with Crippen LogP contribution in [-0.2, 0) is 22.4 Å². The van der Waals surface area contributed by atoms with Crippen molar-refractivity contribution in [2.75, 3.05) is 39.3 Å². The molecule has 1 amide bonds. The molecule has 8 rings (SSSR count). The zero-order valence-electron chi connectivity index (χ0n) is 36.7. The van der Waals surface area contributed by atoms with Crippen molar-refractivity contribution < 1.29 is 24.3 Å². The summed E-state index contributed by atoms with van der Waals surface area (Å²) in [6.07, 6.45) is 8.32. The number of hydrogen-bond acceptors (Lipinski definition) is 8. The number of aryl methyl sites for hydroxylation is 2. The molecule has 12 heteroatoms. The first-order valence-electron chi connectivity index (χ1n) is 22.3. The standard InChI is InChI=1S/C26H28N4O2.C26H27N3O3.2CH4/c1-18-26(24(31)17-29-13-3-2-4-14-29)22-11-7-19(8-12-25(28)32)15-23(22)30(18)21-9-5-20(16-27)6-10-21;1-18-26(24(30)17-28-13-3-2-4-14-28)22-11-7-19(8-12-25(31)32)15-23(22)29(18)21-9-5-20(16-27)6-10-21;;/h5-7,9-11,15H,2-4,8,12-14,17H2,1H3,(H2,28,32);5-7,9-11,15H,2-4,8,12-14,17H2,1H3,(H,31,32);2*1H4. The molecule has 2 aliphatic rings. The molecule has 2 aromatic heterocycles. The number of Topliss-reactive ketones (excluding diaryl/α,β-unsaturated/α-hetero) is 2. The zero-order valence-corrected chi connectivity index (χ0v) is 36.7. The lowest BCUT2D eigenvalue weighted by Crippen LogP contribution is -2.34. The highest BCUT2D eigenvalue weighted by Gasteiger charge is 2.25. The molecule has 2 aliphatic heterocycles. The van der Waals surface area contributed by atoms with E-state index in [4.69, 9.17) is 21.4 Å². The highest BCUT2D eigenvalue weighted by Crippen LogP contribution is 2.33. The van der Waals surface area contributed by atoms with Crippen LogP contribution in [0, 0.1) is 36.5 Å². The molecular weight excluding hydrogens is 827 g/mol. The molecule has 4 aromatic carbocycles. The first-order chi connectivity index (χ1) is 30.9. The summed E-state index contributed by atoms with van der Waals surface area (Å²) in [6.45, 7) is 8.62. The topological polar surface area (TPSA) is 178 Å². The summed E-state index contributed by atoms with van der Waals surface area (Å²) >= 11 is 0. The number of fused-ring (bicyclic) bond motifs is 2. The van der Waals surface area contributed by atoms with E-state index in [2.05, 4.69) is 26.5 Å². The van der Waals surface area contributed by atoms with Gasteiger partial charge in [0.15, 0.2) is 11.6 Å². The average Bonchev–Trinajstić information content (AvgIpc) is 3.77. The molecule has 3 N–H and O–H groups in total. The lowest BCUT2D eigenvalue weighted by atomic mass is 10.0. The molecular formula is C54H63N7O5. The molecule has 4 heterocycles. The molecule has 12 nitrogen and oxygen atoms in total. The van der Waals surface area contributed by atoms with Gasteiger partial charge in [0.25, 0.3) is 0 Å². The van der Waals surface area contributed by atoms with Crippen LogP contribution in [0.4, 0.5) is 0 Å². The molecule has 2 fully saturated rings. The zero-order chi connectivity index (χ0) is 45.3. The number of likely N-dealkylation sites (tertiary alicyclic amines) is 2. The fourth-order valence-corrected chi connectivity index (χ4v) is 9.29. The number of nitrogens with two attached hydrogens (primary N) is 1. The van der Waals surface area contributed by atoms with Gasteiger partial charge < -0.3 is 20.0 Å². The van der Waals surface area contributed by atoms with E-state index in [1.54, 1.807) is 24.3 Å². The van der Waals surface area contributed by atoms with Crippen molar-refractivity contribution in [3.8, 4) is 23.5 Å². The second-order valence-electron chi connectivity index (χ2n) is 17.0. The predicted octanol–water partition coefficient (Wildman–Crippen LogP) is 9.67. The molecule has 66 heavy (non-hydrogen) atoms. The van der Waals surface area contributed by atoms with Crippen LogP contribution in [0.2, 0.25) is 0 Å². The average molecular weight is 890 g/mol. The van der Waals surface area contributed by atoms with E-state index in [1.165, 1.54) is 12.8 Å². The summed E-state index contributed by atoms with van der Waals surface area (Å²) < 4.78 is 4.12. The van der Waals surface area contributed by atoms with Gasteiger partial charge in [-0.25, -0.2) is 0 Å². The summed E-state index contributed by atoms with van der Waals surface area (Å²) in [4.78, 5) is 53.6. The van der Waals surface area contributed by atoms with Crippen LogP contribution in [0.5, 0.6) is 0 Å². The Morgan fingerprint density at radius 2 is 0.955 bits per heavy atom. The molecule has 0 spiro atoms. The summed E-state index contributed by atoms with van der Waals surface area (Å²) in [5, 5.41) is 29.2. The number of carboxylic acids is 1. The highest BCUT2D eigenvalue weighted by molar-refractivity contribution is 6.12. The monoisotopic (exact) mass is 889 g/mol.